The number of anilines is 1. The summed E-state index contributed by atoms with van der Waals surface area (Å²) in [5, 5.41) is 2.79. The number of rotatable bonds is 4. The van der Waals surface area contributed by atoms with E-state index < -0.39 is 10.0 Å². The van der Waals surface area contributed by atoms with E-state index in [9.17, 15) is 13.2 Å². The molecule has 0 aromatic heterocycles. The van der Waals surface area contributed by atoms with E-state index >= 15 is 0 Å². The van der Waals surface area contributed by atoms with Crippen molar-refractivity contribution in [1.29, 1.82) is 0 Å². The Morgan fingerprint density at radius 3 is 2.21 bits per heavy atom. The summed E-state index contributed by atoms with van der Waals surface area (Å²) in [7, 11) is -3.50. The minimum atomic E-state index is -3.50. The van der Waals surface area contributed by atoms with Crippen molar-refractivity contribution >= 4 is 21.6 Å². The summed E-state index contributed by atoms with van der Waals surface area (Å²) < 4.78 is 38.2. The molecular formula is C21H24N2O5S. The zero-order valence-corrected chi connectivity index (χ0v) is 16.9. The van der Waals surface area contributed by atoms with Crippen molar-refractivity contribution in [2.75, 3.05) is 31.6 Å². The molecule has 8 heteroatoms. The van der Waals surface area contributed by atoms with Gasteiger partial charge in [-0.15, -0.1) is 0 Å². The van der Waals surface area contributed by atoms with E-state index in [0.717, 1.165) is 25.7 Å². The van der Waals surface area contributed by atoms with Crippen molar-refractivity contribution in [3.8, 4) is 11.5 Å². The van der Waals surface area contributed by atoms with E-state index in [2.05, 4.69) is 5.32 Å². The van der Waals surface area contributed by atoms with Crippen LogP contribution in [0.2, 0.25) is 0 Å². The lowest BCUT2D eigenvalue weighted by Gasteiger charge is -2.20. The Bertz CT molecular complexity index is 981. The SMILES string of the molecule is O=C(Nc1ccc(S(=O)(=O)N2CCCCCC2)cc1)c1ccc2c(c1)OCCO2. The van der Waals surface area contributed by atoms with Crippen LogP contribution in [0.3, 0.4) is 0 Å². The minimum Gasteiger partial charge on any atom is -0.486 e. The Morgan fingerprint density at radius 2 is 1.52 bits per heavy atom. The zero-order chi connectivity index (χ0) is 20.3. The Morgan fingerprint density at radius 1 is 0.862 bits per heavy atom. The Hall–Kier alpha value is -2.58. The maximum absolute atomic E-state index is 12.8. The van der Waals surface area contributed by atoms with Crippen LogP contribution in [0.4, 0.5) is 5.69 Å². The van der Waals surface area contributed by atoms with Crippen LogP contribution in [0.1, 0.15) is 36.0 Å². The molecular weight excluding hydrogens is 392 g/mol. The highest BCUT2D eigenvalue weighted by atomic mass is 32.2. The molecule has 154 valence electrons. The summed E-state index contributed by atoms with van der Waals surface area (Å²) in [6, 6.07) is 11.3. The number of carbonyl (C=O) groups is 1. The van der Waals surface area contributed by atoms with E-state index in [0.29, 0.717) is 49.1 Å². The maximum Gasteiger partial charge on any atom is 0.255 e. The zero-order valence-electron chi connectivity index (χ0n) is 16.1. The molecule has 0 saturated carbocycles. The summed E-state index contributed by atoms with van der Waals surface area (Å²) in [6.45, 7) is 2.06. The smallest absolute Gasteiger partial charge is 0.255 e. The molecule has 1 saturated heterocycles. The molecule has 2 aliphatic rings. The van der Waals surface area contributed by atoms with Crippen molar-refractivity contribution in [2.45, 2.75) is 30.6 Å². The van der Waals surface area contributed by atoms with Crippen LogP contribution in [0.5, 0.6) is 11.5 Å². The van der Waals surface area contributed by atoms with E-state index in [4.69, 9.17) is 9.47 Å². The van der Waals surface area contributed by atoms with Gasteiger partial charge in [0, 0.05) is 24.3 Å². The number of hydrogen-bond acceptors (Lipinski definition) is 5. The summed E-state index contributed by atoms with van der Waals surface area (Å²) in [5.74, 6) is 0.865. The van der Waals surface area contributed by atoms with Crippen molar-refractivity contribution in [1.82, 2.24) is 4.31 Å². The number of amides is 1. The third-order valence-electron chi connectivity index (χ3n) is 5.12. The van der Waals surface area contributed by atoms with Gasteiger partial charge in [0.15, 0.2) is 11.5 Å². The van der Waals surface area contributed by atoms with Crippen molar-refractivity contribution in [2.24, 2.45) is 0 Å². The molecule has 29 heavy (non-hydrogen) atoms. The van der Waals surface area contributed by atoms with Gasteiger partial charge in [-0.05, 0) is 55.3 Å². The van der Waals surface area contributed by atoms with E-state index in [1.165, 1.54) is 0 Å². The van der Waals surface area contributed by atoms with E-state index in [1.54, 1.807) is 46.8 Å². The quantitative estimate of drug-likeness (QED) is 0.827. The first-order valence-electron chi connectivity index (χ1n) is 9.85. The van der Waals surface area contributed by atoms with Gasteiger partial charge in [-0.25, -0.2) is 8.42 Å². The highest BCUT2D eigenvalue weighted by Crippen LogP contribution is 2.31. The largest absolute Gasteiger partial charge is 0.486 e. The standard InChI is InChI=1S/C21H24N2O5S/c24-21(16-5-10-19-20(15-16)28-14-13-27-19)22-17-6-8-18(9-7-17)29(25,26)23-11-3-1-2-4-12-23/h5-10,15H,1-4,11-14H2,(H,22,24). The molecule has 1 N–H and O–H groups in total. The maximum atomic E-state index is 12.8. The highest BCUT2D eigenvalue weighted by molar-refractivity contribution is 7.89. The highest BCUT2D eigenvalue weighted by Gasteiger charge is 2.25. The van der Waals surface area contributed by atoms with Crippen LogP contribution in [0.25, 0.3) is 0 Å². The fourth-order valence-corrected chi connectivity index (χ4v) is 5.05. The second-order valence-electron chi connectivity index (χ2n) is 7.16. The lowest BCUT2D eigenvalue weighted by atomic mass is 10.1. The summed E-state index contributed by atoms with van der Waals surface area (Å²) >= 11 is 0. The number of carbonyl (C=O) groups excluding carboxylic acids is 1. The van der Waals surface area contributed by atoms with Crippen LogP contribution < -0.4 is 14.8 Å². The second-order valence-corrected chi connectivity index (χ2v) is 9.09. The molecule has 4 rings (SSSR count). The predicted molar refractivity (Wildman–Crippen MR) is 109 cm³/mol. The molecule has 0 unspecified atom stereocenters. The van der Waals surface area contributed by atoms with Gasteiger partial charge in [-0.1, -0.05) is 12.8 Å². The monoisotopic (exact) mass is 416 g/mol. The van der Waals surface area contributed by atoms with Crippen molar-refractivity contribution in [3.63, 3.8) is 0 Å². The van der Waals surface area contributed by atoms with Crippen LogP contribution in [0.15, 0.2) is 47.4 Å². The third kappa shape index (κ3) is 4.38. The molecule has 7 nitrogen and oxygen atoms in total. The van der Waals surface area contributed by atoms with Crippen LogP contribution in [-0.2, 0) is 10.0 Å². The van der Waals surface area contributed by atoms with Gasteiger partial charge < -0.3 is 14.8 Å². The molecule has 2 aromatic rings. The molecule has 1 fully saturated rings. The molecule has 2 heterocycles. The average Bonchev–Trinajstić information content (AvgIpc) is 3.04. The van der Waals surface area contributed by atoms with Gasteiger partial charge >= 0.3 is 0 Å². The van der Waals surface area contributed by atoms with E-state index in [-0.39, 0.29) is 10.8 Å². The Labute approximate surface area is 170 Å². The topological polar surface area (TPSA) is 84.9 Å². The van der Waals surface area contributed by atoms with E-state index in [1.807, 2.05) is 0 Å². The van der Waals surface area contributed by atoms with Gasteiger partial charge in [0.2, 0.25) is 10.0 Å². The predicted octanol–water partition coefficient (Wildman–Crippen LogP) is 3.27. The first-order valence-corrected chi connectivity index (χ1v) is 11.3. The summed E-state index contributed by atoms with van der Waals surface area (Å²) in [4.78, 5) is 12.8. The first kappa shape index (κ1) is 19.7. The number of hydrogen-bond donors (Lipinski definition) is 1. The normalized spacial score (nSPS) is 17.4. The van der Waals surface area contributed by atoms with Gasteiger partial charge in [0.25, 0.3) is 5.91 Å². The average molecular weight is 416 g/mol. The number of sulfonamides is 1. The number of benzene rings is 2. The lowest BCUT2D eigenvalue weighted by Crippen LogP contribution is -2.31. The molecule has 0 atom stereocenters. The van der Waals surface area contributed by atoms with Crippen molar-refractivity contribution < 1.29 is 22.7 Å². The third-order valence-corrected chi connectivity index (χ3v) is 7.03. The van der Waals surface area contributed by atoms with Gasteiger partial charge in [0.1, 0.15) is 13.2 Å². The van der Waals surface area contributed by atoms with Crippen molar-refractivity contribution in [3.05, 3.63) is 48.0 Å². The van der Waals surface area contributed by atoms with Gasteiger partial charge in [-0.2, -0.15) is 4.31 Å². The van der Waals surface area contributed by atoms with Gasteiger partial charge in [-0.3, -0.25) is 4.79 Å². The van der Waals surface area contributed by atoms with Crippen LogP contribution in [0, 0.1) is 0 Å². The van der Waals surface area contributed by atoms with Crippen LogP contribution in [-0.4, -0.2) is 44.9 Å². The second kappa shape index (κ2) is 8.42. The first-order chi connectivity index (χ1) is 14.0. The molecule has 0 spiro atoms. The Balaban J connectivity index is 1.46. The molecule has 0 aliphatic carbocycles. The van der Waals surface area contributed by atoms with Crippen LogP contribution >= 0.6 is 0 Å². The number of fused-ring (bicyclic) bond motifs is 1. The number of nitrogens with zero attached hydrogens (tertiary/aromatic N) is 1. The fourth-order valence-electron chi connectivity index (χ4n) is 3.53. The summed E-state index contributed by atoms with van der Waals surface area (Å²) in [5.41, 5.74) is 0.968. The molecule has 0 radical (unpaired) electrons. The molecule has 1 amide bonds. The minimum absolute atomic E-state index is 0.247. The molecule has 0 bridgehead atoms. The van der Waals surface area contributed by atoms with Gasteiger partial charge in [0.05, 0.1) is 4.90 Å². The Kier molecular flexibility index (Phi) is 5.73. The number of ether oxygens (including phenoxy) is 2. The lowest BCUT2D eigenvalue weighted by molar-refractivity contribution is 0.102. The number of nitrogens with one attached hydrogen (secondary N) is 1. The summed E-state index contributed by atoms with van der Waals surface area (Å²) in [6.07, 6.45) is 3.92. The fraction of sp³-hybridized carbons (Fsp3) is 0.381. The molecule has 2 aromatic carbocycles. The molecule has 2 aliphatic heterocycles.